The lowest BCUT2D eigenvalue weighted by molar-refractivity contribution is 0.566. The third-order valence-electron chi connectivity index (χ3n) is 4.72. The van der Waals surface area contributed by atoms with Crippen LogP contribution in [0.1, 0.15) is 36.9 Å². The molecule has 1 atom stereocenters. The van der Waals surface area contributed by atoms with E-state index in [0.29, 0.717) is 24.2 Å². The lowest BCUT2D eigenvalue weighted by Gasteiger charge is -2.28. The molecule has 0 saturated carbocycles. The zero-order valence-electron chi connectivity index (χ0n) is 15.4. The molecule has 0 amide bonds. The number of hydrogen-bond donors (Lipinski definition) is 1. The van der Waals surface area contributed by atoms with Crippen molar-refractivity contribution in [1.82, 2.24) is 4.72 Å². The summed E-state index contributed by atoms with van der Waals surface area (Å²) < 4.78 is 54.2. The second kappa shape index (κ2) is 7.61. The average Bonchev–Trinajstić information content (AvgIpc) is 2.61. The van der Waals surface area contributed by atoms with Gasteiger partial charge in [-0.25, -0.2) is 21.6 Å². The second-order valence-electron chi connectivity index (χ2n) is 6.80. The molecule has 0 spiro atoms. The van der Waals surface area contributed by atoms with Crippen molar-refractivity contribution in [3.63, 3.8) is 0 Å². The first kappa shape index (κ1) is 19.9. The van der Waals surface area contributed by atoms with Crippen molar-refractivity contribution < 1.29 is 16.8 Å². The summed E-state index contributed by atoms with van der Waals surface area (Å²) in [6, 6.07) is 13.6. The number of sulfonamides is 2. The Labute approximate surface area is 161 Å². The molecule has 0 aliphatic carbocycles. The Morgan fingerprint density at radius 3 is 2.41 bits per heavy atom. The zero-order valence-corrected chi connectivity index (χ0v) is 17.1. The second-order valence-corrected chi connectivity index (χ2v) is 10.5. The van der Waals surface area contributed by atoms with Gasteiger partial charge in [-0.3, -0.25) is 4.31 Å². The molecule has 1 saturated heterocycles. The molecule has 2 aromatic carbocycles. The van der Waals surface area contributed by atoms with E-state index < -0.39 is 20.0 Å². The monoisotopic (exact) mass is 408 g/mol. The number of nitrogens with zero attached hydrogens (tertiary/aromatic N) is 1. The van der Waals surface area contributed by atoms with E-state index in [2.05, 4.69) is 4.72 Å². The van der Waals surface area contributed by atoms with Crippen molar-refractivity contribution >= 4 is 25.7 Å². The Morgan fingerprint density at radius 1 is 1.07 bits per heavy atom. The number of anilines is 1. The van der Waals surface area contributed by atoms with Crippen LogP contribution in [0.2, 0.25) is 0 Å². The molecule has 1 aliphatic rings. The summed E-state index contributed by atoms with van der Waals surface area (Å²) in [5, 5.41) is 0. The molecule has 0 radical (unpaired) electrons. The van der Waals surface area contributed by atoms with Gasteiger partial charge in [0.15, 0.2) is 0 Å². The molecule has 1 fully saturated rings. The van der Waals surface area contributed by atoms with Gasteiger partial charge in [0, 0.05) is 12.6 Å². The summed E-state index contributed by atoms with van der Waals surface area (Å²) in [5.74, 6) is 0.127. The van der Waals surface area contributed by atoms with Gasteiger partial charge < -0.3 is 0 Å². The van der Waals surface area contributed by atoms with E-state index >= 15 is 0 Å². The summed E-state index contributed by atoms with van der Waals surface area (Å²) in [4.78, 5) is 0.156. The molecule has 1 N–H and O–H groups in total. The Kier molecular flexibility index (Phi) is 5.60. The van der Waals surface area contributed by atoms with Crippen molar-refractivity contribution in [3.05, 3.63) is 59.7 Å². The van der Waals surface area contributed by atoms with Gasteiger partial charge in [0.1, 0.15) is 0 Å². The molecule has 1 aliphatic heterocycles. The lowest BCUT2D eigenvalue weighted by atomic mass is 10.1. The minimum atomic E-state index is -3.73. The first-order valence-corrected chi connectivity index (χ1v) is 12.0. The van der Waals surface area contributed by atoms with Gasteiger partial charge >= 0.3 is 0 Å². The van der Waals surface area contributed by atoms with E-state index in [0.717, 1.165) is 12.0 Å². The molecule has 146 valence electrons. The smallest absolute Gasteiger partial charge is 0.241 e. The van der Waals surface area contributed by atoms with Gasteiger partial charge in [-0.15, -0.1) is 0 Å². The fourth-order valence-electron chi connectivity index (χ4n) is 3.28. The third kappa shape index (κ3) is 4.34. The largest absolute Gasteiger partial charge is 0.270 e. The van der Waals surface area contributed by atoms with E-state index in [-0.39, 0.29) is 16.7 Å². The van der Waals surface area contributed by atoms with Crippen LogP contribution in [0.3, 0.4) is 0 Å². The van der Waals surface area contributed by atoms with E-state index in [1.807, 2.05) is 30.3 Å². The quantitative estimate of drug-likeness (QED) is 0.824. The molecule has 27 heavy (non-hydrogen) atoms. The van der Waals surface area contributed by atoms with Crippen LogP contribution in [-0.4, -0.2) is 29.1 Å². The Bertz CT molecular complexity index is 1020. The van der Waals surface area contributed by atoms with Gasteiger partial charge in [0.25, 0.3) is 0 Å². The highest BCUT2D eigenvalue weighted by Crippen LogP contribution is 2.28. The lowest BCUT2D eigenvalue weighted by Crippen LogP contribution is -2.38. The molecule has 1 heterocycles. The molecular formula is C19H24N2O4S2. The Hall–Kier alpha value is -1.90. The van der Waals surface area contributed by atoms with Crippen LogP contribution in [-0.2, 0) is 20.0 Å². The van der Waals surface area contributed by atoms with E-state index in [4.69, 9.17) is 0 Å². The summed E-state index contributed by atoms with van der Waals surface area (Å²) in [5.41, 5.74) is 1.90. The molecule has 2 aromatic rings. The van der Waals surface area contributed by atoms with Crippen molar-refractivity contribution in [2.24, 2.45) is 0 Å². The predicted octanol–water partition coefficient (Wildman–Crippen LogP) is 2.96. The van der Waals surface area contributed by atoms with Gasteiger partial charge in [0.05, 0.1) is 16.3 Å². The average molecular weight is 409 g/mol. The van der Waals surface area contributed by atoms with Crippen molar-refractivity contribution in [2.75, 3.05) is 16.6 Å². The molecule has 1 unspecified atom stereocenters. The van der Waals surface area contributed by atoms with Gasteiger partial charge in [0.2, 0.25) is 20.0 Å². The fourth-order valence-corrected chi connectivity index (χ4v) is 6.36. The maximum absolute atomic E-state index is 12.8. The molecule has 8 heteroatoms. The van der Waals surface area contributed by atoms with Crippen molar-refractivity contribution in [1.29, 1.82) is 0 Å². The highest BCUT2D eigenvalue weighted by atomic mass is 32.2. The fraction of sp³-hybridized carbons (Fsp3) is 0.368. The minimum Gasteiger partial charge on any atom is -0.270 e. The van der Waals surface area contributed by atoms with Crippen molar-refractivity contribution in [3.8, 4) is 0 Å². The third-order valence-corrected chi connectivity index (χ3v) is 8.29. The van der Waals surface area contributed by atoms with Crippen LogP contribution in [0, 0.1) is 6.92 Å². The van der Waals surface area contributed by atoms with E-state index in [1.165, 1.54) is 10.4 Å². The molecule has 3 rings (SSSR count). The Morgan fingerprint density at radius 2 is 1.78 bits per heavy atom. The zero-order chi connectivity index (χ0) is 19.7. The summed E-state index contributed by atoms with van der Waals surface area (Å²) in [6.45, 7) is 3.90. The maximum Gasteiger partial charge on any atom is 0.241 e. The Balaban J connectivity index is 1.86. The number of rotatable bonds is 5. The summed E-state index contributed by atoms with van der Waals surface area (Å²) in [6.07, 6.45) is 1.46. The maximum atomic E-state index is 12.8. The highest BCUT2D eigenvalue weighted by Gasteiger charge is 2.27. The molecule has 0 bridgehead atoms. The van der Waals surface area contributed by atoms with Crippen LogP contribution < -0.4 is 9.03 Å². The van der Waals surface area contributed by atoms with Gasteiger partial charge in [-0.1, -0.05) is 30.3 Å². The highest BCUT2D eigenvalue weighted by molar-refractivity contribution is 7.92. The number of aryl methyl sites for hydroxylation is 1. The first-order chi connectivity index (χ1) is 12.7. The predicted molar refractivity (Wildman–Crippen MR) is 107 cm³/mol. The number of hydrogen-bond acceptors (Lipinski definition) is 4. The summed E-state index contributed by atoms with van der Waals surface area (Å²) >= 11 is 0. The normalized spacial score (nSPS) is 18.2. The van der Waals surface area contributed by atoms with Gasteiger partial charge in [-0.2, -0.15) is 0 Å². The first-order valence-electron chi connectivity index (χ1n) is 8.89. The van der Waals surface area contributed by atoms with E-state index in [9.17, 15) is 16.8 Å². The minimum absolute atomic E-state index is 0.127. The number of benzene rings is 2. The molecule has 0 aromatic heterocycles. The molecule has 6 nitrogen and oxygen atoms in total. The SMILES string of the molecule is Cc1cc(N2CCCCS2(=O)=O)ccc1S(=O)(=O)NC(C)c1ccccc1. The van der Waals surface area contributed by atoms with E-state index in [1.54, 1.807) is 26.0 Å². The van der Waals surface area contributed by atoms with Crippen molar-refractivity contribution in [2.45, 2.75) is 37.6 Å². The number of nitrogens with one attached hydrogen (secondary N) is 1. The summed E-state index contributed by atoms with van der Waals surface area (Å²) in [7, 11) is -7.06. The van der Waals surface area contributed by atoms with Crippen LogP contribution in [0.5, 0.6) is 0 Å². The molecular weight excluding hydrogens is 384 g/mol. The van der Waals surface area contributed by atoms with Crippen LogP contribution >= 0.6 is 0 Å². The topological polar surface area (TPSA) is 83.6 Å². The van der Waals surface area contributed by atoms with Crippen LogP contribution in [0.25, 0.3) is 0 Å². The standard InChI is InChI=1S/C19H24N2O4S2/c1-15-14-18(21-12-6-7-13-26(21,22)23)10-11-19(15)27(24,25)20-16(2)17-8-4-3-5-9-17/h3-5,8-11,14,16,20H,6-7,12-13H2,1-2H3. The van der Waals surface area contributed by atoms with Gasteiger partial charge in [-0.05, 0) is 56.0 Å². The van der Waals surface area contributed by atoms with Crippen LogP contribution in [0.4, 0.5) is 5.69 Å². The van der Waals surface area contributed by atoms with Crippen LogP contribution in [0.15, 0.2) is 53.4 Å².